The van der Waals surface area contributed by atoms with Crippen molar-refractivity contribution in [3.05, 3.63) is 47.3 Å². The molecule has 0 aliphatic heterocycles. The molecule has 1 aromatic heterocycles. The first kappa shape index (κ1) is 12.8. The lowest BCUT2D eigenvalue weighted by Crippen LogP contribution is -1.97. The Bertz CT molecular complexity index is 451. The predicted molar refractivity (Wildman–Crippen MR) is 71.4 cm³/mol. The molecule has 18 heavy (non-hydrogen) atoms. The van der Waals surface area contributed by atoms with Gasteiger partial charge in [-0.25, -0.2) is 4.63 Å². The first-order valence-electron chi connectivity index (χ1n) is 6.74. The number of aryl methyl sites for hydroxylation is 3. The standard InChI is InChI=1S/C15H20N2O/c1-2-3-5-10-14-15(17-18-16-14)12-11-13-8-6-4-7-9-13/h4,6-9H,2-3,5,10-12H2,1H3. The Labute approximate surface area is 108 Å². The van der Waals surface area contributed by atoms with Crippen molar-refractivity contribution in [2.24, 2.45) is 0 Å². The number of hydrogen-bond donors (Lipinski definition) is 0. The summed E-state index contributed by atoms with van der Waals surface area (Å²) in [5, 5.41) is 8.04. The van der Waals surface area contributed by atoms with Gasteiger partial charge in [0.05, 0.1) is 0 Å². The number of benzene rings is 1. The van der Waals surface area contributed by atoms with Crippen LogP contribution in [0.15, 0.2) is 35.0 Å². The fraction of sp³-hybridized carbons (Fsp3) is 0.467. The van der Waals surface area contributed by atoms with Crippen LogP contribution < -0.4 is 0 Å². The molecule has 1 aromatic carbocycles. The van der Waals surface area contributed by atoms with Gasteiger partial charge in [-0.15, -0.1) is 0 Å². The van der Waals surface area contributed by atoms with Crippen molar-refractivity contribution < 1.29 is 4.63 Å². The van der Waals surface area contributed by atoms with Gasteiger partial charge in [0.15, 0.2) is 0 Å². The molecule has 0 spiro atoms. The maximum Gasteiger partial charge on any atom is 0.108 e. The van der Waals surface area contributed by atoms with E-state index in [1.807, 2.05) is 6.07 Å². The van der Waals surface area contributed by atoms with Gasteiger partial charge in [0.1, 0.15) is 11.4 Å². The van der Waals surface area contributed by atoms with E-state index in [1.165, 1.54) is 24.8 Å². The van der Waals surface area contributed by atoms with E-state index in [-0.39, 0.29) is 0 Å². The molecule has 0 saturated carbocycles. The molecule has 2 aromatic rings. The van der Waals surface area contributed by atoms with Crippen molar-refractivity contribution in [3.8, 4) is 0 Å². The minimum absolute atomic E-state index is 0.912. The second-order valence-electron chi connectivity index (χ2n) is 4.60. The summed E-state index contributed by atoms with van der Waals surface area (Å²) in [5.74, 6) is 0. The Morgan fingerprint density at radius 1 is 0.889 bits per heavy atom. The molecule has 0 aliphatic carbocycles. The summed E-state index contributed by atoms with van der Waals surface area (Å²) in [6, 6.07) is 10.5. The zero-order valence-electron chi connectivity index (χ0n) is 10.9. The van der Waals surface area contributed by atoms with Crippen LogP contribution in [0.5, 0.6) is 0 Å². The molecule has 0 saturated heterocycles. The smallest absolute Gasteiger partial charge is 0.108 e. The highest BCUT2D eigenvalue weighted by atomic mass is 16.6. The predicted octanol–water partition coefficient (Wildman–Crippen LogP) is 3.59. The second-order valence-corrected chi connectivity index (χ2v) is 4.60. The third-order valence-corrected chi connectivity index (χ3v) is 3.15. The van der Waals surface area contributed by atoms with Crippen LogP contribution in [0.25, 0.3) is 0 Å². The van der Waals surface area contributed by atoms with Crippen molar-refractivity contribution in [1.29, 1.82) is 0 Å². The van der Waals surface area contributed by atoms with Crippen molar-refractivity contribution in [2.75, 3.05) is 0 Å². The van der Waals surface area contributed by atoms with Gasteiger partial charge in [0, 0.05) is 0 Å². The SMILES string of the molecule is CCCCCc1nonc1CCc1ccccc1. The molecule has 3 heteroatoms. The maximum absolute atomic E-state index is 4.86. The van der Waals surface area contributed by atoms with Crippen LogP contribution in [-0.2, 0) is 19.3 Å². The number of hydrogen-bond acceptors (Lipinski definition) is 3. The summed E-state index contributed by atoms with van der Waals surface area (Å²) in [6.45, 7) is 2.21. The summed E-state index contributed by atoms with van der Waals surface area (Å²) < 4.78 is 4.86. The summed E-state index contributed by atoms with van der Waals surface area (Å²) in [5.41, 5.74) is 3.40. The summed E-state index contributed by atoms with van der Waals surface area (Å²) >= 11 is 0. The fourth-order valence-corrected chi connectivity index (χ4v) is 2.05. The Kier molecular flexibility index (Phi) is 4.94. The van der Waals surface area contributed by atoms with Gasteiger partial charge in [-0.1, -0.05) is 60.4 Å². The number of aromatic nitrogens is 2. The molecule has 0 N–H and O–H groups in total. The highest BCUT2D eigenvalue weighted by Crippen LogP contribution is 2.11. The maximum atomic E-state index is 4.86. The van der Waals surface area contributed by atoms with Crippen molar-refractivity contribution in [2.45, 2.75) is 45.4 Å². The quantitative estimate of drug-likeness (QED) is 0.699. The Morgan fingerprint density at radius 2 is 1.61 bits per heavy atom. The molecule has 0 amide bonds. The summed E-state index contributed by atoms with van der Waals surface area (Å²) in [7, 11) is 0. The number of unbranched alkanes of at least 4 members (excludes halogenated alkanes) is 2. The minimum atomic E-state index is 0.912. The lowest BCUT2D eigenvalue weighted by molar-refractivity contribution is 0.299. The molecule has 0 fully saturated rings. The molecule has 2 rings (SSSR count). The minimum Gasteiger partial charge on any atom is -0.244 e. The van der Waals surface area contributed by atoms with Gasteiger partial charge in [-0.3, -0.25) is 0 Å². The van der Waals surface area contributed by atoms with E-state index in [1.54, 1.807) is 0 Å². The largest absolute Gasteiger partial charge is 0.244 e. The lowest BCUT2D eigenvalue weighted by Gasteiger charge is -2.00. The van der Waals surface area contributed by atoms with Crippen LogP contribution >= 0.6 is 0 Å². The first-order valence-corrected chi connectivity index (χ1v) is 6.74. The van der Waals surface area contributed by atoms with Crippen LogP contribution in [0.1, 0.15) is 43.1 Å². The van der Waals surface area contributed by atoms with Crippen LogP contribution in [0.3, 0.4) is 0 Å². The lowest BCUT2D eigenvalue weighted by atomic mass is 10.1. The third-order valence-electron chi connectivity index (χ3n) is 3.15. The van der Waals surface area contributed by atoms with E-state index < -0.39 is 0 Å². The molecule has 3 nitrogen and oxygen atoms in total. The van der Waals surface area contributed by atoms with Crippen LogP contribution in [0.2, 0.25) is 0 Å². The van der Waals surface area contributed by atoms with Gasteiger partial charge in [-0.2, -0.15) is 0 Å². The third kappa shape index (κ3) is 3.69. The molecule has 1 heterocycles. The van der Waals surface area contributed by atoms with Crippen LogP contribution in [-0.4, -0.2) is 10.3 Å². The average Bonchev–Trinajstić information content (AvgIpc) is 2.86. The first-order chi connectivity index (χ1) is 8.90. The van der Waals surface area contributed by atoms with Crippen LogP contribution in [0.4, 0.5) is 0 Å². The summed E-state index contributed by atoms with van der Waals surface area (Å²) in [4.78, 5) is 0. The van der Waals surface area contributed by atoms with Crippen molar-refractivity contribution >= 4 is 0 Å². The number of rotatable bonds is 7. The van der Waals surface area contributed by atoms with E-state index in [0.717, 1.165) is 30.7 Å². The van der Waals surface area contributed by atoms with E-state index in [2.05, 4.69) is 41.5 Å². The summed E-state index contributed by atoms with van der Waals surface area (Å²) in [6.07, 6.45) is 6.53. The molecular formula is C15H20N2O. The molecule has 0 aliphatic rings. The van der Waals surface area contributed by atoms with Gasteiger partial charge in [0.2, 0.25) is 0 Å². The molecule has 0 unspecified atom stereocenters. The van der Waals surface area contributed by atoms with Crippen molar-refractivity contribution in [3.63, 3.8) is 0 Å². The van der Waals surface area contributed by atoms with Gasteiger partial charge in [-0.05, 0) is 31.2 Å². The Hall–Kier alpha value is -1.64. The zero-order chi connectivity index (χ0) is 12.6. The van der Waals surface area contributed by atoms with E-state index >= 15 is 0 Å². The topological polar surface area (TPSA) is 38.9 Å². The highest BCUT2D eigenvalue weighted by Gasteiger charge is 2.09. The molecule has 96 valence electrons. The normalized spacial score (nSPS) is 10.7. The highest BCUT2D eigenvalue weighted by molar-refractivity contribution is 5.17. The molecule has 0 bridgehead atoms. The van der Waals surface area contributed by atoms with Crippen molar-refractivity contribution in [1.82, 2.24) is 10.3 Å². The Balaban J connectivity index is 1.87. The van der Waals surface area contributed by atoms with Gasteiger partial charge >= 0.3 is 0 Å². The Morgan fingerprint density at radius 3 is 2.33 bits per heavy atom. The fourth-order valence-electron chi connectivity index (χ4n) is 2.05. The molecular weight excluding hydrogens is 224 g/mol. The van der Waals surface area contributed by atoms with E-state index in [9.17, 15) is 0 Å². The van der Waals surface area contributed by atoms with E-state index in [0.29, 0.717) is 0 Å². The zero-order valence-corrected chi connectivity index (χ0v) is 10.9. The van der Waals surface area contributed by atoms with Gasteiger partial charge < -0.3 is 0 Å². The number of nitrogens with zero attached hydrogens (tertiary/aromatic N) is 2. The average molecular weight is 244 g/mol. The second kappa shape index (κ2) is 6.94. The molecule has 0 atom stereocenters. The molecule has 0 radical (unpaired) electrons. The monoisotopic (exact) mass is 244 g/mol. The van der Waals surface area contributed by atoms with E-state index in [4.69, 9.17) is 4.63 Å². The van der Waals surface area contributed by atoms with Crippen LogP contribution in [0, 0.1) is 0 Å². The van der Waals surface area contributed by atoms with Gasteiger partial charge in [0.25, 0.3) is 0 Å².